The van der Waals surface area contributed by atoms with Crippen LogP contribution in [0.5, 0.6) is 0 Å². The maximum atomic E-state index is 13.4. The molecule has 0 amide bonds. The Bertz CT molecular complexity index is 1860. The molecule has 4 heterocycles. The number of benzene rings is 2. The summed E-state index contributed by atoms with van der Waals surface area (Å²) >= 11 is 0. The topological polar surface area (TPSA) is 75.6 Å². The fraction of sp³-hybridized carbons (Fsp3) is 0.229. The van der Waals surface area contributed by atoms with E-state index in [-0.39, 0.29) is 5.82 Å². The van der Waals surface area contributed by atoms with E-state index in [0.29, 0.717) is 17.8 Å². The zero-order valence-corrected chi connectivity index (χ0v) is 24.0. The Hall–Kier alpha value is -4.82. The van der Waals surface area contributed by atoms with Gasteiger partial charge in [0.05, 0.1) is 11.2 Å². The Morgan fingerprint density at radius 3 is 2.47 bits per heavy atom. The molecule has 2 fully saturated rings. The van der Waals surface area contributed by atoms with Crippen molar-refractivity contribution in [2.24, 2.45) is 0 Å². The predicted octanol–water partition coefficient (Wildman–Crippen LogP) is 6.49. The first kappa shape index (κ1) is 27.0. The number of fused-ring (bicyclic) bond motifs is 2. The van der Waals surface area contributed by atoms with Gasteiger partial charge in [-0.05, 0) is 54.8 Å². The Morgan fingerprint density at radius 2 is 1.72 bits per heavy atom. The Balaban J connectivity index is 1.13. The van der Waals surface area contributed by atoms with Gasteiger partial charge in [0.25, 0.3) is 0 Å². The van der Waals surface area contributed by atoms with Crippen LogP contribution < -0.4 is 10.6 Å². The SMILES string of the molecule is C=C/C=C(\C=C)c1ccc2ccc(-c3nc(C4CC(N5CCN(c6ccc(F)cc6)CC5)C4)n4ccnc(N)c34)cc2n1. The number of hydrogen-bond donors (Lipinski definition) is 1. The van der Waals surface area contributed by atoms with Crippen LogP contribution in [-0.2, 0) is 0 Å². The number of nitrogens with two attached hydrogens (primary N) is 1. The second-order valence-corrected chi connectivity index (χ2v) is 11.3. The van der Waals surface area contributed by atoms with Crippen LogP contribution in [0.2, 0.25) is 0 Å². The minimum absolute atomic E-state index is 0.194. The van der Waals surface area contributed by atoms with Crippen LogP contribution in [0.4, 0.5) is 15.9 Å². The molecule has 43 heavy (non-hydrogen) atoms. The Labute approximate surface area is 250 Å². The normalized spacial score (nSPS) is 19.5. The molecule has 8 heteroatoms. The molecule has 3 aromatic heterocycles. The van der Waals surface area contributed by atoms with Gasteiger partial charge in [0.15, 0.2) is 0 Å². The van der Waals surface area contributed by atoms with Crippen molar-refractivity contribution in [1.29, 1.82) is 0 Å². The summed E-state index contributed by atoms with van der Waals surface area (Å²) in [5, 5.41) is 1.05. The van der Waals surface area contributed by atoms with Crippen molar-refractivity contribution in [2.45, 2.75) is 24.8 Å². The number of imidazole rings is 1. The molecule has 1 saturated carbocycles. The van der Waals surface area contributed by atoms with Gasteiger partial charge in [-0.1, -0.05) is 49.6 Å². The summed E-state index contributed by atoms with van der Waals surface area (Å²) in [7, 11) is 0. The number of allylic oxidation sites excluding steroid dienone is 4. The van der Waals surface area contributed by atoms with E-state index in [1.165, 1.54) is 12.1 Å². The summed E-state index contributed by atoms with van der Waals surface area (Å²) < 4.78 is 15.5. The van der Waals surface area contributed by atoms with Crippen LogP contribution in [0.1, 0.15) is 30.3 Å². The lowest BCUT2D eigenvalue weighted by Crippen LogP contribution is -2.53. The average Bonchev–Trinajstić information content (AvgIpc) is 3.40. The third kappa shape index (κ3) is 4.97. The lowest BCUT2D eigenvalue weighted by atomic mass is 9.78. The third-order valence-electron chi connectivity index (χ3n) is 8.89. The van der Waals surface area contributed by atoms with Gasteiger partial charge >= 0.3 is 0 Å². The third-order valence-corrected chi connectivity index (χ3v) is 8.89. The highest BCUT2D eigenvalue weighted by atomic mass is 19.1. The van der Waals surface area contributed by atoms with E-state index in [4.69, 9.17) is 15.7 Å². The summed E-state index contributed by atoms with van der Waals surface area (Å²) in [5.74, 6) is 1.64. The zero-order valence-electron chi connectivity index (χ0n) is 24.0. The lowest BCUT2D eigenvalue weighted by molar-refractivity contribution is 0.0994. The number of halogens is 1. The van der Waals surface area contributed by atoms with Crippen LogP contribution in [0.25, 0.3) is 33.3 Å². The zero-order chi connectivity index (χ0) is 29.5. The Kier molecular flexibility index (Phi) is 6.99. The van der Waals surface area contributed by atoms with Gasteiger partial charge in [0.1, 0.15) is 28.7 Å². The maximum Gasteiger partial charge on any atom is 0.150 e. The first-order valence-electron chi connectivity index (χ1n) is 14.8. The molecular weight excluding hydrogens is 537 g/mol. The molecule has 7 nitrogen and oxygen atoms in total. The highest BCUT2D eigenvalue weighted by Crippen LogP contribution is 2.42. The van der Waals surface area contributed by atoms with Gasteiger partial charge < -0.3 is 10.6 Å². The minimum Gasteiger partial charge on any atom is -0.382 e. The number of aromatic nitrogens is 4. The van der Waals surface area contributed by atoms with Crippen molar-refractivity contribution < 1.29 is 4.39 Å². The van der Waals surface area contributed by atoms with E-state index in [0.717, 1.165) is 89.5 Å². The number of nitrogens with zero attached hydrogens (tertiary/aromatic N) is 6. The van der Waals surface area contributed by atoms with Crippen LogP contribution in [0.3, 0.4) is 0 Å². The summed E-state index contributed by atoms with van der Waals surface area (Å²) in [5.41, 5.74) is 12.8. The predicted molar refractivity (Wildman–Crippen MR) is 172 cm³/mol. The number of pyridine rings is 1. The fourth-order valence-corrected chi connectivity index (χ4v) is 6.48. The molecule has 1 aliphatic heterocycles. The van der Waals surface area contributed by atoms with E-state index >= 15 is 0 Å². The van der Waals surface area contributed by atoms with Crippen molar-refractivity contribution in [3.05, 3.63) is 116 Å². The van der Waals surface area contributed by atoms with Crippen LogP contribution in [0.15, 0.2) is 98.4 Å². The quantitative estimate of drug-likeness (QED) is 0.225. The maximum absolute atomic E-state index is 13.4. The fourth-order valence-electron chi connectivity index (χ4n) is 6.48. The number of hydrogen-bond acceptors (Lipinski definition) is 6. The van der Waals surface area contributed by atoms with Crippen molar-refractivity contribution in [3.8, 4) is 11.3 Å². The van der Waals surface area contributed by atoms with Gasteiger partial charge in [0.2, 0.25) is 0 Å². The second-order valence-electron chi connectivity index (χ2n) is 11.3. The molecule has 0 atom stereocenters. The highest BCUT2D eigenvalue weighted by Gasteiger charge is 2.38. The molecule has 2 aliphatic rings. The van der Waals surface area contributed by atoms with Crippen molar-refractivity contribution >= 4 is 33.5 Å². The van der Waals surface area contributed by atoms with Crippen molar-refractivity contribution in [2.75, 3.05) is 36.8 Å². The number of anilines is 2. The summed E-state index contributed by atoms with van der Waals surface area (Å²) in [6.07, 6.45) is 11.3. The van der Waals surface area contributed by atoms with Gasteiger partial charge in [-0.15, -0.1) is 0 Å². The van der Waals surface area contributed by atoms with E-state index in [2.05, 4.69) is 56.6 Å². The van der Waals surface area contributed by atoms with Gasteiger partial charge in [-0.2, -0.15) is 0 Å². The number of nitrogen functional groups attached to an aromatic ring is 1. The highest BCUT2D eigenvalue weighted by molar-refractivity contribution is 5.91. The number of rotatable bonds is 7. The van der Waals surface area contributed by atoms with Crippen molar-refractivity contribution in [1.82, 2.24) is 24.3 Å². The van der Waals surface area contributed by atoms with E-state index in [1.54, 1.807) is 18.3 Å². The Morgan fingerprint density at radius 1 is 0.953 bits per heavy atom. The summed E-state index contributed by atoms with van der Waals surface area (Å²) in [6.45, 7) is 11.6. The van der Waals surface area contributed by atoms with Crippen LogP contribution >= 0.6 is 0 Å². The molecule has 0 spiro atoms. The summed E-state index contributed by atoms with van der Waals surface area (Å²) in [6, 6.07) is 17.7. The molecule has 2 aromatic carbocycles. The lowest BCUT2D eigenvalue weighted by Gasteiger charge is -2.46. The van der Waals surface area contributed by atoms with Gasteiger partial charge in [-0.3, -0.25) is 9.30 Å². The smallest absolute Gasteiger partial charge is 0.150 e. The molecule has 5 aromatic rings. The first-order chi connectivity index (χ1) is 21.0. The molecule has 2 N–H and O–H groups in total. The monoisotopic (exact) mass is 571 g/mol. The van der Waals surface area contributed by atoms with Crippen molar-refractivity contribution in [3.63, 3.8) is 0 Å². The summed E-state index contributed by atoms with van der Waals surface area (Å²) in [4.78, 5) is 19.5. The van der Waals surface area contributed by atoms with E-state index in [9.17, 15) is 4.39 Å². The van der Waals surface area contributed by atoms with Gasteiger partial charge in [-0.25, -0.2) is 19.3 Å². The average molecular weight is 572 g/mol. The molecule has 7 rings (SSSR count). The first-order valence-corrected chi connectivity index (χ1v) is 14.8. The van der Waals surface area contributed by atoms with E-state index < -0.39 is 0 Å². The molecule has 0 bridgehead atoms. The molecule has 1 aliphatic carbocycles. The largest absolute Gasteiger partial charge is 0.382 e. The molecular formula is C35H34FN7. The van der Waals surface area contributed by atoms with Gasteiger partial charge in [0, 0.05) is 67.2 Å². The van der Waals surface area contributed by atoms with Crippen LogP contribution in [0, 0.1) is 5.82 Å². The molecule has 1 saturated heterocycles. The molecule has 0 radical (unpaired) electrons. The molecule has 0 unspecified atom stereocenters. The minimum atomic E-state index is -0.194. The van der Waals surface area contributed by atoms with E-state index in [1.807, 2.05) is 30.5 Å². The number of piperazine rings is 1. The second kappa shape index (κ2) is 11.1. The standard InChI is InChI=1S/C35H34FN7/c1-3-5-23(4-2)30-13-8-24-6-7-25(22-31(24)39-30)32-33-34(37)38-14-15-43(33)35(40-32)26-20-29(21-26)42-18-16-41(17-19-42)28-11-9-27(36)10-12-28/h3-15,22,26,29H,1-2,16-21H2,(H2,37,38)/b23-5+. The van der Waals surface area contributed by atoms with Crippen LogP contribution in [-0.4, -0.2) is 56.5 Å². The molecule has 216 valence electrons.